The first-order chi connectivity index (χ1) is 12.9. The number of aromatic nitrogens is 2. The molecule has 0 aliphatic rings. The summed E-state index contributed by atoms with van der Waals surface area (Å²) in [6.45, 7) is 11.4. The number of imidazole rings is 1. The van der Waals surface area contributed by atoms with Crippen LogP contribution in [0.15, 0.2) is 54.6 Å². The zero-order valence-corrected chi connectivity index (χ0v) is 17.2. The minimum Gasteiger partial charge on any atom is -0.230 e. The summed E-state index contributed by atoms with van der Waals surface area (Å²) in [5, 5.41) is 2.60. The third-order valence-electron chi connectivity index (χ3n) is 5.84. The Balaban J connectivity index is 2.24. The van der Waals surface area contributed by atoms with Gasteiger partial charge in [0.25, 0.3) is 5.82 Å². The smallest absolute Gasteiger partial charge is 0.230 e. The molecule has 0 saturated carbocycles. The van der Waals surface area contributed by atoms with E-state index in [2.05, 4.69) is 105 Å². The lowest BCUT2D eigenvalue weighted by molar-refractivity contribution is -0.576. The van der Waals surface area contributed by atoms with E-state index in [0.717, 1.165) is 0 Å². The predicted molar refractivity (Wildman–Crippen MR) is 115 cm³/mol. The Morgan fingerprint density at radius 1 is 0.778 bits per heavy atom. The third-order valence-corrected chi connectivity index (χ3v) is 5.84. The molecule has 4 rings (SSSR count). The summed E-state index contributed by atoms with van der Waals surface area (Å²) in [6, 6.07) is 20.0. The lowest BCUT2D eigenvalue weighted by Crippen LogP contribution is -2.36. The van der Waals surface area contributed by atoms with Crippen LogP contribution >= 0.6 is 0 Å². The summed E-state index contributed by atoms with van der Waals surface area (Å²) in [5.74, 6) is 2.20. The fourth-order valence-electron chi connectivity index (χ4n) is 4.28. The standard InChI is InChI=1S/C25H29N2/c1-16(2)20-12-9-13-21(17(3)4)24(20)27-18(5)26(6)23-15-14-19-10-7-8-11-22(19)25(23)27/h7-17H,1-6H3/q+1. The van der Waals surface area contributed by atoms with E-state index in [9.17, 15) is 0 Å². The Morgan fingerprint density at radius 3 is 2.04 bits per heavy atom. The van der Waals surface area contributed by atoms with E-state index >= 15 is 0 Å². The highest BCUT2D eigenvalue weighted by atomic mass is 15.2. The van der Waals surface area contributed by atoms with Gasteiger partial charge in [0.05, 0.1) is 7.05 Å². The molecule has 0 atom stereocenters. The van der Waals surface area contributed by atoms with Gasteiger partial charge in [0, 0.05) is 23.4 Å². The van der Waals surface area contributed by atoms with Gasteiger partial charge in [0.15, 0.2) is 11.0 Å². The second-order valence-corrected chi connectivity index (χ2v) is 8.19. The van der Waals surface area contributed by atoms with Crippen molar-refractivity contribution < 1.29 is 4.57 Å². The molecule has 0 unspecified atom stereocenters. The molecule has 0 amide bonds. The van der Waals surface area contributed by atoms with E-state index in [4.69, 9.17) is 0 Å². The Hall–Kier alpha value is -2.61. The summed E-state index contributed by atoms with van der Waals surface area (Å²) in [7, 11) is 2.18. The Morgan fingerprint density at radius 2 is 1.41 bits per heavy atom. The first kappa shape index (κ1) is 17.8. The number of fused-ring (bicyclic) bond motifs is 3. The molecule has 0 fully saturated rings. The van der Waals surface area contributed by atoms with Crippen LogP contribution in [-0.2, 0) is 7.05 Å². The second kappa shape index (κ2) is 6.53. The summed E-state index contributed by atoms with van der Waals surface area (Å²) in [6.07, 6.45) is 0. The summed E-state index contributed by atoms with van der Waals surface area (Å²) < 4.78 is 4.82. The molecule has 2 heteroatoms. The molecule has 4 aromatic rings. The van der Waals surface area contributed by atoms with Crippen molar-refractivity contribution in [3.05, 3.63) is 71.5 Å². The van der Waals surface area contributed by atoms with Crippen molar-refractivity contribution in [3.63, 3.8) is 0 Å². The van der Waals surface area contributed by atoms with Crippen molar-refractivity contribution in [2.24, 2.45) is 7.05 Å². The molecular weight excluding hydrogens is 328 g/mol. The van der Waals surface area contributed by atoms with E-state index in [-0.39, 0.29) is 0 Å². The number of benzene rings is 3. The van der Waals surface area contributed by atoms with Gasteiger partial charge in [-0.3, -0.25) is 0 Å². The number of hydrogen-bond donors (Lipinski definition) is 0. The lowest BCUT2D eigenvalue weighted by Gasteiger charge is -2.18. The molecule has 1 aromatic heterocycles. The average molecular weight is 358 g/mol. The molecule has 2 nitrogen and oxygen atoms in total. The molecule has 0 bridgehead atoms. The fraction of sp³-hybridized carbons (Fsp3) is 0.320. The maximum Gasteiger partial charge on any atom is 0.259 e. The van der Waals surface area contributed by atoms with Gasteiger partial charge in [-0.25, -0.2) is 4.57 Å². The lowest BCUT2D eigenvalue weighted by atomic mass is 9.92. The highest BCUT2D eigenvalue weighted by Gasteiger charge is 2.28. The molecule has 0 aliphatic heterocycles. The minimum absolute atomic E-state index is 0.468. The highest BCUT2D eigenvalue weighted by molar-refractivity contribution is 6.02. The zero-order chi connectivity index (χ0) is 19.3. The van der Waals surface area contributed by atoms with E-state index in [1.165, 1.54) is 44.4 Å². The molecular formula is C25H29N2+. The predicted octanol–water partition coefficient (Wildman–Crippen LogP) is 6.16. The summed E-state index contributed by atoms with van der Waals surface area (Å²) >= 11 is 0. The molecule has 0 N–H and O–H groups in total. The molecule has 138 valence electrons. The van der Waals surface area contributed by atoms with Crippen LogP contribution in [0.1, 0.15) is 56.5 Å². The molecule has 0 saturated heterocycles. The number of rotatable bonds is 3. The van der Waals surface area contributed by atoms with Crippen molar-refractivity contribution in [3.8, 4) is 5.69 Å². The first-order valence-electron chi connectivity index (χ1n) is 9.93. The van der Waals surface area contributed by atoms with Gasteiger partial charge < -0.3 is 0 Å². The summed E-state index contributed by atoms with van der Waals surface area (Å²) in [4.78, 5) is 0. The van der Waals surface area contributed by atoms with Gasteiger partial charge in [-0.2, -0.15) is 4.57 Å². The SMILES string of the molecule is Cc1n(C)c2ccc3ccccc3c2[n+]1-c1c(C(C)C)cccc1C(C)C. The quantitative estimate of drug-likeness (QED) is 0.388. The van der Waals surface area contributed by atoms with Crippen LogP contribution in [0.5, 0.6) is 0 Å². The van der Waals surface area contributed by atoms with Crippen LogP contribution in [0.3, 0.4) is 0 Å². The largest absolute Gasteiger partial charge is 0.259 e. The molecule has 1 heterocycles. The third kappa shape index (κ3) is 2.66. The number of hydrogen-bond acceptors (Lipinski definition) is 0. The van der Waals surface area contributed by atoms with Crippen LogP contribution in [0, 0.1) is 6.92 Å². The van der Waals surface area contributed by atoms with Gasteiger partial charge >= 0.3 is 0 Å². The zero-order valence-electron chi connectivity index (χ0n) is 17.2. The maximum absolute atomic E-state index is 2.50. The molecule has 3 aromatic carbocycles. The molecule has 0 spiro atoms. The van der Waals surface area contributed by atoms with E-state index < -0.39 is 0 Å². The van der Waals surface area contributed by atoms with Crippen molar-refractivity contribution >= 4 is 21.8 Å². The monoisotopic (exact) mass is 357 g/mol. The maximum atomic E-state index is 2.50. The Bertz CT molecular complexity index is 1120. The van der Waals surface area contributed by atoms with Gasteiger partial charge in [0.1, 0.15) is 5.69 Å². The van der Waals surface area contributed by atoms with Crippen LogP contribution in [0.4, 0.5) is 0 Å². The molecule has 0 aliphatic carbocycles. The minimum atomic E-state index is 0.468. The second-order valence-electron chi connectivity index (χ2n) is 8.19. The Labute approximate surface area is 162 Å². The normalized spacial score (nSPS) is 12.0. The van der Waals surface area contributed by atoms with Crippen LogP contribution in [-0.4, -0.2) is 4.57 Å². The van der Waals surface area contributed by atoms with Crippen molar-refractivity contribution in [1.82, 2.24) is 4.57 Å². The topological polar surface area (TPSA) is 8.81 Å². The van der Waals surface area contributed by atoms with Crippen molar-refractivity contribution in [2.75, 3.05) is 0 Å². The fourth-order valence-corrected chi connectivity index (χ4v) is 4.28. The first-order valence-corrected chi connectivity index (χ1v) is 9.93. The van der Waals surface area contributed by atoms with Crippen molar-refractivity contribution in [2.45, 2.75) is 46.5 Å². The van der Waals surface area contributed by atoms with Crippen LogP contribution in [0.2, 0.25) is 0 Å². The highest BCUT2D eigenvalue weighted by Crippen LogP contribution is 2.32. The average Bonchev–Trinajstić information content (AvgIpc) is 2.92. The summed E-state index contributed by atoms with van der Waals surface area (Å²) in [5.41, 5.74) is 6.77. The number of nitrogens with zero attached hydrogens (tertiary/aromatic N) is 2. The number of para-hydroxylation sites is 1. The van der Waals surface area contributed by atoms with Gasteiger partial charge in [0.2, 0.25) is 0 Å². The van der Waals surface area contributed by atoms with Crippen LogP contribution in [0.25, 0.3) is 27.5 Å². The number of aryl methyl sites for hydroxylation is 1. The van der Waals surface area contributed by atoms with Crippen LogP contribution < -0.4 is 4.57 Å². The van der Waals surface area contributed by atoms with E-state index in [1.807, 2.05) is 0 Å². The van der Waals surface area contributed by atoms with E-state index in [1.54, 1.807) is 0 Å². The molecule has 0 radical (unpaired) electrons. The van der Waals surface area contributed by atoms with Crippen molar-refractivity contribution in [1.29, 1.82) is 0 Å². The molecule has 27 heavy (non-hydrogen) atoms. The van der Waals surface area contributed by atoms with E-state index in [0.29, 0.717) is 11.8 Å². The van der Waals surface area contributed by atoms with Gasteiger partial charge in [-0.1, -0.05) is 64.1 Å². The van der Waals surface area contributed by atoms with Gasteiger partial charge in [-0.15, -0.1) is 0 Å². The van der Waals surface area contributed by atoms with Gasteiger partial charge in [-0.05, 0) is 35.4 Å². The Kier molecular flexibility index (Phi) is 4.30.